The van der Waals surface area contributed by atoms with Crippen LogP contribution in [0.15, 0.2) is 35.6 Å². The van der Waals surface area contributed by atoms with Crippen LogP contribution in [0.5, 0.6) is 5.88 Å². The fraction of sp³-hybridized carbons (Fsp3) is 0.458. The normalized spacial score (nSPS) is 18.1. The van der Waals surface area contributed by atoms with Crippen LogP contribution in [0.4, 0.5) is 16.0 Å². The molecule has 2 saturated heterocycles. The highest BCUT2D eigenvalue weighted by Gasteiger charge is 2.51. The van der Waals surface area contributed by atoms with Gasteiger partial charge in [0.1, 0.15) is 5.82 Å². The molecule has 0 amide bonds. The molecule has 4 heterocycles. The molecule has 0 unspecified atom stereocenters. The van der Waals surface area contributed by atoms with Crippen molar-refractivity contribution >= 4 is 21.7 Å². The van der Waals surface area contributed by atoms with E-state index in [1.807, 2.05) is 13.8 Å². The van der Waals surface area contributed by atoms with Crippen molar-refractivity contribution in [3.63, 3.8) is 0 Å². The van der Waals surface area contributed by atoms with Gasteiger partial charge < -0.3 is 15.0 Å². The highest BCUT2D eigenvalue weighted by Crippen LogP contribution is 2.42. The van der Waals surface area contributed by atoms with Gasteiger partial charge in [-0.25, -0.2) is 17.8 Å². The molecular weight excluding hydrogens is 485 g/mol. The fourth-order valence-corrected chi connectivity index (χ4v) is 6.59. The number of hydrogen-bond acceptors (Lipinski definition) is 8. The maximum Gasteiger partial charge on any atom is 0.278 e. The minimum Gasteiger partial charge on any atom is -0.481 e. The third-order valence-electron chi connectivity index (χ3n) is 6.96. The molecule has 0 bridgehead atoms. The van der Waals surface area contributed by atoms with Crippen LogP contribution < -0.4 is 10.1 Å². The minimum absolute atomic E-state index is 0.0290. The molecule has 192 valence electrons. The maximum atomic E-state index is 14.6. The third-order valence-corrected chi connectivity index (χ3v) is 8.57. The number of sulfonamides is 1. The first-order chi connectivity index (χ1) is 17.1. The Morgan fingerprint density at radius 1 is 1.19 bits per heavy atom. The maximum absolute atomic E-state index is 14.6. The Morgan fingerprint density at radius 3 is 2.64 bits per heavy atom. The van der Waals surface area contributed by atoms with Gasteiger partial charge in [-0.15, -0.1) is 10.2 Å². The molecule has 1 aromatic carbocycles. The van der Waals surface area contributed by atoms with Crippen LogP contribution in [-0.4, -0.2) is 78.1 Å². The lowest BCUT2D eigenvalue weighted by Gasteiger charge is -2.46. The van der Waals surface area contributed by atoms with Crippen LogP contribution >= 0.6 is 0 Å². The standard InChI is InChI=1S/C24H30FN7O3S/c1-15(2)18-10-17(25)11-19(16-5-7-26-20(9-16)35-4)21(18)27-22-28-23(30-29-22)36(33,34)32-13-24(14-32)6-8-31(3)12-24/h5,7,9-11,15H,6,8,12-14H2,1-4H3,(H2,27,28,29,30). The summed E-state index contributed by atoms with van der Waals surface area (Å²) in [6.45, 7) is 6.74. The number of halogens is 1. The summed E-state index contributed by atoms with van der Waals surface area (Å²) in [6, 6.07) is 6.33. The molecule has 1 spiro atoms. The lowest BCUT2D eigenvalue weighted by atomic mass is 9.81. The second-order valence-corrected chi connectivity index (χ2v) is 11.9. The average Bonchev–Trinajstić information content (AvgIpc) is 3.46. The van der Waals surface area contributed by atoms with Gasteiger partial charge in [-0.3, -0.25) is 4.98 Å². The summed E-state index contributed by atoms with van der Waals surface area (Å²) in [5.41, 5.74) is 2.58. The molecule has 10 nitrogen and oxygen atoms in total. The summed E-state index contributed by atoms with van der Waals surface area (Å²) in [7, 11) is -0.233. The first kappa shape index (κ1) is 24.6. The second-order valence-electron chi connectivity index (χ2n) is 10.0. The molecular formula is C24H30FN7O3S. The highest BCUT2D eigenvalue weighted by atomic mass is 32.2. The van der Waals surface area contributed by atoms with Crippen LogP contribution in [0, 0.1) is 11.2 Å². The van der Waals surface area contributed by atoms with E-state index in [0.29, 0.717) is 41.3 Å². The number of rotatable bonds is 7. The molecule has 5 rings (SSSR count). The number of nitrogens with one attached hydrogen (secondary N) is 2. The van der Waals surface area contributed by atoms with E-state index in [2.05, 4.69) is 37.4 Å². The van der Waals surface area contributed by atoms with Gasteiger partial charge >= 0.3 is 0 Å². The number of anilines is 2. The number of ether oxygens (including phenoxy) is 1. The van der Waals surface area contributed by atoms with Crippen molar-refractivity contribution in [2.24, 2.45) is 5.41 Å². The van der Waals surface area contributed by atoms with E-state index in [0.717, 1.165) is 19.5 Å². The van der Waals surface area contributed by atoms with E-state index in [-0.39, 0.29) is 28.3 Å². The summed E-state index contributed by atoms with van der Waals surface area (Å²) in [4.78, 5) is 9.17. The topological polar surface area (TPSA) is 116 Å². The molecule has 0 saturated carbocycles. The molecule has 0 aliphatic carbocycles. The van der Waals surface area contributed by atoms with Gasteiger partial charge in [-0.05, 0) is 55.3 Å². The molecule has 3 aromatic rings. The van der Waals surface area contributed by atoms with E-state index >= 15 is 0 Å². The van der Waals surface area contributed by atoms with Crippen LogP contribution in [-0.2, 0) is 10.0 Å². The van der Waals surface area contributed by atoms with Gasteiger partial charge in [0.25, 0.3) is 15.2 Å². The molecule has 2 aliphatic heterocycles. The van der Waals surface area contributed by atoms with E-state index in [1.165, 1.54) is 23.5 Å². The Labute approximate surface area is 209 Å². The SMILES string of the molecule is COc1cc(-c2cc(F)cc(C(C)C)c2Nc2nnc(S(=O)(=O)N3CC4(CCN(C)C4)C3)[nH]2)ccn1. The quantitative estimate of drug-likeness (QED) is 0.493. The monoisotopic (exact) mass is 515 g/mol. The van der Waals surface area contributed by atoms with E-state index in [9.17, 15) is 12.8 Å². The zero-order valence-corrected chi connectivity index (χ0v) is 21.6. The summed E-state index contributed by atoms with van der Waals surface area (Å²) >= 11 is 0. The van der Waals surface area contributed by atoms with Gasteiger partial charge in [0.05, 0.1) is 12.8 Å². The van der Waals surface area contributed by atoms with Gasteiger partial charge in [-0.2, -0.15) is 4.31 Å². The number of aromatic nitrogens is 4. The number of aromatic amines is 1. The predicted octanol–water partition coefficient (Wildman–Crippen LogP) is 3.21. The molecule has 2 aliphatic rings. The van der Waals surface area contributed by atoms with Crippen molar-refractivity contribution in [1.29, 1.82) is 0 Å². The molecule has 2 aromatic heterocycles. The highest BCUT2D eigenvalue weighted by molar-refractivity contribution is 7.89. The Hall–Kier alpha value is -3.09. The number of H-pyrrole nitrogens is 1. The van der Waals surface area contributed by atoms with Crippen molar-refractivity contribution in [2.75, 3.05) is 45.7 Å². The van der Waals surface area contributed by atoms with Crippen molar-refractivity contribution in [2.45, 2.75) is 31.3 Å². The summed E-state index contributed by atoms with van der Waals surface area (Å²) in [5, 5.41) is 10.9. The summed E-state index contributed by atoms with van der Waals surface area (Å²) in [6.07, 6.45) is 2.57. The van der Waals surface area contributed by atoms with Crippen molar-refractivity contribution in [3.05, 3.63) is 41.8 Å². The lowest BCUT2D eigenvalue weighted by Crippen LogP contribution is -2.59. The van der Waals surface area contributed by atoms with Gasteiger partial charge in [0, 0.05) is 42.9 Å². The van der Waals surface area contributed by atoms with Crippen molar-refractivity contribution < 1.29 is 17.5 Å². The van der Waals surface area contributed by atoms with Crippen LogP contribution in [0.1, 0.15) is 31.7 Å². The number of likely N-dealkylation sites (tertiary alicyclic amines) is 1. The van der Waals surface area contributed by atoms with Crippen molar-refractivity contribution in [1.82, 2.24) is 29.4 Å². The first-order valence-corrected chi connectivity index (χ1v) is 13.3. The Bertz CT molecular complexity index is 1390. The predicted molar refractivity (Wildman–Crippen MR) is 133 cm³/mol. The molecule has 0 atom stereocenters. The first-order valence-electron chi connectivity index (χ1n) is 11.8. The van der Waals surface area contributed by atoms with E-state index in [1.54, 1.807) is 18.3 Å². The third kappa shape index (κ3) is 4.44. The van der Waals surface area contributed by atoms with Crippen molar-refractivity contribution in [3.8, 4) is 17.0 Å². The number of pyridine rings is 1. The fourth-order valence-electron chi connectivity index (χ4n) is 5.09. The second kappa shape index (κ2) is 9.09. The molecule has 2 N–H and O–H groups in total. The smallest absolute Gasteiger partial charge is 0.278 e. The molecule has 0 radical (unpaired) electrons. The number of methoxy groups -OCH3 is 1. The Morgan fingerprint density at radius 2 is 1.97 bits per heavy atom. The zero-order chi connectivity index (χ0) is 25.7. The number of benzene rings is 1. The summed E-state index contributed by atoms with van der Waals surface area (Å²) in [5.74, 6) is 0.126. The zero-order valence-electron chi connectivity index (χ0n) is 20.7. The van der Waals surface area contributed by atoms with Gasteiger partial charge in [0.15, 0.2) is 0 Å². The lowest BCUT2D eigenvalue weighted by molar-refractivity contribution is 0.0807. The van der Waals surface area contributed by atoms with Crippen LogP contribution in [0.2, 0.25) is 0 Å². The molecule has 36 heavy (non-hydrogen) atoms. The van der Waals surface area contributed by atoms with Crippen LogP contribution in [0.25, 0.3) is 11.1 Å². The molecule has 12 heteroatoms. The minimum atomic E-state index is -3.80. The Balaban J connectivity index is 1.45. The summed E-state index contributed by atoms with van der Waals surface area (Å²) < 4.78 is 47.6. The molecule has 2 fully saturated rings. The number of nitrogens with zero attached hydrogens (tertiary/aromatic N) is 5. The van der Waals surface area contributed by atoms with Gasteiger partial charge in [-0.1, -0.05) is 13.8 Å². The number of hydrogen-bond donors (Lipinski definition) is 2. The Kier molecular flexibility index (Phi) is 6.21. The van der Waals surface area contributed by atoms with Gasteiger partial charge in [0.2, 0.25) is 11.8 Å². The van der Waals surface area contributed by atoms with E-state index < -0.39 is 10.0 Å². The van der Waals surface area contributed by atoms with E-state index in [4.69, 9.17) is 4.74 Å². The van der Waals surface area contributed by atoms with Crippen LogP contribution in [0.3, 0.4) is 0 Å². The average molecular weight is 516 g/mol. The largest absolute Gasteiger partial charge is 0.481 e.